The quantitative estimate of drug-likeness (QED) is 0.791. The van der Waals surface area contributed by atoms with Crippen LogP contribution < -0.4 is 4.74 Å². The molecule has 0 bridgehead atoms. The fourth-order valence-corrected chi connectivity index (χ4v) is 3.48. The number of carbonyl (C=O) groups is 1. The van der Waals surface area contributed by atoms with E-state index in [0.717, 1.165) is 27.1 Å². The topological polar surface area (TPSA) is 26.3 Å². The smallest absolute Gasteiger partial charge is 0.207 e. The lowest BCUT2D eigenvalue weighted by Gasteiger charge is -2.06. The Kier molecular flexibility index (Phi) is 2.76. The van der Waals surface area contributed by atoms with Crippen LogP contribution in [0.5, 0.6) is 5.75 Å². The van der Waals surface area contributed by atoms with Gasteiger partial charge < -0.3 is 4.74 Å². The summed E-state index contributed by atoms with van der Waals surface area (Å²) in [5.41, 5.74) is 1.80. The third kappa shape index (κ3) is 1.81. The van der Waals surface area contributed by atoms with Crippen molar-refractivity contribution in [1.82, 2.24) is 0 Å². The highest BCUT2D eigenvalue weighted by Crippen LogP contribution is 2.33. The lowest BCUT2D eigenvalue weighted by atomic mass is 10.0. The Bertz CT molecular complexity index is 589. The normalized spacial score (nSPS) is 13.2. The van der Waals surface area contributed by atoms with Crippen LogP contribution in [0.25, 0.3) is 0 Å². The van der Waals surface area contributed by atoms with Gasteiger partial charge in [0.15, 0.2) is 0 Å². The number of hydrogen-bond donors (Lipinski definition) is 0. The van der Waals surface area contributed by atoms with Crippen LogP contribution >= 0.6 is 27.3 Å². The Labute approximate surface area is 111 Å². The molecule has 0 fully saturated rings. The third-order valence-electron chi connectivity index (χ3n) is 2.78. The molecule has 0 aliphatic carbocycles. The van der Waals surface area contributed by atoms with Crippen molar-refractivity contribution in [2.24, 2.45) is 0 Å². The van der Waals surface area contributed by atoms with Crippen LogP contribution in [-0.4, -0.2) is 12.4 Å². The van der Waals surface area contributed by atoms with Gasteiger partial charge in [0.25, 0.3) is 0 Å². The first-order valence-corrected chi connectivity index (χ1v) is 6.97. The minimum absolute atomic E-state index is 0.0330. The summed E-state index contributed by atoms with van der Waals surface area (Å²) in [6.45, 7) is 0.672. The molecule has 0 N–H and O–H groups in total. The number of thiophene rings is 1. The molecule has 0 unspecified atom stereocenters. The van der Waals surface area contributed by atoms with Gasteiger partial charge in [0.2, 0.25) is 5.78 Å². The highest BCUT2D eigenvalue weighted by atomic mass is 79.9. The van der Waals surface area contributed by atoms with Crippen molar-refractivity contribution in [3.05, 3.63) is 50.1 Å². The maximum atomic E-state index is 12.4. The van der Waals surface area contributed by atoms with E-state index in [2.05, 4.69) is 15.9 Å². The van der Waals surface area contributed by atoms with E-state index in [4.69, 9.17) is 4.74 Å². The highest BCUT2D eigenvalue weighted by molar-refractivity contribution is 9.10. The van der Waals surface area contributed by atoms with Crippen LogP contribution in [0.2, 0.25) is 0 Å². The summed E-state index contributed by atoms with van der Waals surface area (Å²) in [5, 5.41) is 1.90. The fourth-order valence-electron chi connectivity index (χ4n) is 1.97. The summed E-state index contributed by atoms with van der Waals surface area (Å²) in [6.07, 6.45) is 0.891. The van der Waals surface area contributed by atoms with Crippen molar-refractivity contribution in [3.8, 4) is 5.75 Å². The largest absolute Gasteiger partial charge is 0.492 e. The summed E-state index contributed by atoms with van der Waals surface area (Å²) in [6, 6.07) is 7.66. The van der Waals surface area contributed by atoms with Crippen molar-refractivity contribution in [2.75, 3.05) is 6.61 Å². The minimum Gasteiger partial charge on any atom is -0.492 e. The van der Waals surface area contributed by atoms with Crippen molar-refractivity contribution in [2.45, 2.75) is 6.42 Å². The molecule has 0 saturated carbocycles. The van der Waals surface area contributed by atoms with Crippen LogP contribution in [0.15, 0.2) is 34.1 Å². The van der Waals surface area contributed by atoms with Crippen LogP contribution in [0.4, 0.5) is 0 Å². The fraction of sp³-hybridized carbons (Fsp3) is 0.154. The molecule has 1 aliphatic heterocycles. The molecule has 1 aromatic carbocycles. The molecule has 0 radical (unpaired) electrons. The molecule has 0 atom stereocenters. The van der Waals surface area contributed by atoms with Crippen molar-refractivity contribution in [1.29, 1.82) is 0 Å². The molecule has 0 saturated heterocycles. The van der Waals surface area contributed by atoms with Crippen LogP contribution in [0.3, 0.4) is 0 Å². The molecule has 1 aliphatic rings. The molecule has 86 valence electrons. The van der Waals surface area contributed by atoms with E-state index in [1.807, 2.05) is 29.6 Å². The van der Waals surface area contributed by atoms with E-state index in [-0.39, 0.29) is 5.78 Å². The molecule has 1 aromatic heterocycles. The molecule has 2 aromatic rings. The Morgan fingerprint density at radius 2 is 2.24 bits per heavy atom. The summed E-state index contributed by atoms with van der Waals surface area (Å²) in [5.74, 6) is 0.795. The number of rotatable bonds is 2. The van der Waals surface area contributed by atoms with E-state index >= 15 is 0 Å². The van der Waals surface area contributed by atoms with Crippen molar-refractivity contribution in [3.63, 3.8) is 0 Å². The number of ether oxygens (including phenoxy) is 1. The van der Waals surface area contributed by atoms with Gasteiger partial charge in [0.1, 0.15) is 5.75 Å². The number of ketones is 1. The Morgan fingerprint density at radius 3 is 3.00 bits per heavy atom. The van der Waals surface area contributed by atoms with Crippen LogP contribution in [0.1, 0.15) is 20.8 Å². The average molecular weight is 309 g/mol. The van der Waals surface area contributed by atoms with Gasteiger partial charge in [-0.25, -0.2) is 0 Å². The lowest BCUT2D eigenvalue weighted by molar-refractivity contribution is 0.103. The Morgan fingerprint density at radius 1 is 1.35 bits per heavy atom. The highest BCUT2D eigenvalue weighted by Gasteiger charge is 2.23. The first-order valence-electron chi connectivity index (χ1n) is 5.30. The van der Waals surface area contributed by atoms with Gasteiger partial charge in [-0.3, -0.25) is 4.79 Å². The molecular formula is C13H9BrO2S. The lowest BCUT2D eigenvalue weighted by Crippen LogP contribution is -2.02. The van der Waals surface area contributed by atoms with Gasteiger partial charge in [0, 0.05) is 10.9 Å². The van der Waals surface area contributed by atoms with Crippen LogP contribution in [0, 0.1) is 0 Å². The number of halogens is 1. The predicted molar refractivity (Wildman–Crippen MR) is 71.1 cm³/mol. The molecule has 17 heavy (non-hydrogen) atoms. The number of hydrogen-bond acceptors (Lipinski definition) is 3. The Hall–Kier alpha value is -1.13. The van der Waals surface area contributed by atoms with E-state index < -0.39 is 0 Å². The van der Waals surface area contributed by atoms with E-state index in [0.29, 0.717) is 12.2 Å². The zero-order valence-electron chi connectivity index (χ0n) is 8.90. The molecule has 0 amide bonds. The summed E-state index contributed by atoms with van der Waals surface area (Å²) >= 11 is 4.84. The molecular weight excluding hydrogens is 300 g/mol. The molecule has 3 rings (SSSR count). The summed E-state index contributed by atoms with van der Waals surface area (Å²) in [4.78, 5) is 13.1. The average Bonchev–Trinajstić information content (AvgIpc) is 2.95. The van der Waals surface area contributed by atoms with Gasteiger partial charge >= 0.3 is 0 Å². The molecule has 2 nitrogen and oxygen atoms in total. The second-order valence-corrected chi connectivity index (χ2v) is 5.59. The summed E-state index contributed by atoms with van der Waals surface area (Å²) < 4.78 is 6.41. The second-order valence-electron chi connectivity index (χ2n) is 3.82. The van der Waals surface area contributed by atoms with Gasteiger partial charge in [-0.15, -0.1) is 11.3 Å². The third-order valence-corrected chi connectivity index (χ3v) is 4.62. The summed E-state index contributed by atoms with van der Waals surface area (Å²) in [7, 11) is 0. The standard InChI is InChI=1S/C13H9BrO2S/c14-10-5-7-17-13(10)11(15)9-3-1-2-8-4-6-16-12(8)9/h1-3,5,7H,4,6H2. The Balaban J connectivity index is 2.09. The van der Waals surface area contributed by atoms with Gasteiger partial charge in [0.05, 0.1) is 17.0 Å². The number of para-hydroxylation sites is 1. The predicted octanol–water partition coefficient (Wildman–Crippen LogP) is 3.68. The van der Waals surface area contributed by atoms with E-state index in [1.165, 1.54) is 11.3 Å². The van der Waals surface area contributed by atoms with Crippen molar-refractivity contribution < 1.29 is 9.53 Å². The second kappa shape index (κ2) is 4.27. The van der Waals surface area contributed by atoms with E-state index in [9.17, 15) is 4.79 Å². The van der Waals surface area contributed by atoms with Gasteiger partial charge in [-0.05, 0) is 39.0 Å². The minimum atomic E-state index is 0.0330. The zero-order chi connectivity index (χ0) is 11.8. The zero-order valence-corrected chi connectivity index (χ0v) is 11.3. The number of carbonyl (C=O) groups excluding carboxylic acids is 1. The first kappa shape index (κ1) is 11.0. The number of benzene rings is 1. The van der Waals surface area contributed by atoms with Gasteiger partial charge in [-0.1, -0.05) is 12.1 Å². The molecule has 4 heteroatoms. The SMILES string of the molecule is O=C(c1cccc2c1OCC2)c1sccc1Br. The first-order chi connectivity index (χ1) is 8.27. The van der Waals surface area contributed by atoms with Gasteiger partial charge in [-0.2, -0.15) is 0 Å². The number of fused-ring (bicyclic) bond motifs is 1. The van der Waals surface area contributed by atoms with E-state index in [1.54, 1.807) is 0 Å². The molecule has 2 heterocycles. The molecule has 0 spiro atoms. The van der Waals surface area contributed by atoms with Crippen LogP contribution in [-0.2, 0) is 6.42 Å². The maximum absolute atomic E-state index is 12.4. The van der Waals surface area contributed by atoms with Crippen molar-refractivity contribution >= 4 is 33.0 Å². The monoisotopic (exact) mass is 308 g/mol. The maximum Gasteiger partial charge on any atom is 0.207 e.